The molecule has 4 heteroatoms. The normalized spacial score (nSPS) is 13.2. The Hall–Kier alpha value is -2.00. The van der Waals surface area contributed by atoms with E-state index < -0.39 is 0 Å². The van der Waals surface area contributed by atoms with Crippen molar-refractivity contribution in [2.75, 3.05) is 17.2 Å². The van der Waals surface area contributed by atoms with Crippen molar-refractivity contribution in [3.63, 3.8) is 0 Å². The molecule has 0 radical (unpaired) electrons. The molecule has 2 aromatic rings. The molecule has 1 heterocycles. The van der Waals surface area contributed by atoms with Crippen LogP contribution in [0.2, 0.25) is 5.02 Å². The molecule has 0 spiro atoms. The van der Waals surface area contributed by atoms with Crippen LogP contribution in [0, 0.1) is 6.92 Å². The van der Waals surface area contributed by atoms with Gasteiger partial charge < -0.3 is 10.6 Å². The van der Waals surface area contributed by atoms with Crippen LogP contribution in [0.4, 0.5) is 11.4 Å². The Labute approximate surface area is 129 Å². The molecular weight excluding hydrogens is 284 g/mol. The van der Waals surface area contributed by atoms with E-state index in [-0.39, 0.29) is 5.91 Å². The summed E-state index contributed by atoms with van der Waals surface area (Å²) in [5.41, 5.74) is 4.75. The summed E-state index contributed by atoms with van der Waals surface area (Å²) < 4.78 is 0. The average molecular weight is 301 g/mol. The number of halogens is 1. The van der Waals surface area contributed by atoms with E-state index in [0.717, 1.165) is 36.3 Å². The molecule has 108 valence electrons. The first-order chi connectivity index (χ1) is 10.1. The minimum atomic E-state index is -0.177. The van der Waals surface area contributed by atoms with Gasteiger partial charge in [-0.05, 0) is 61.2 Å². The van der Waals surface area contributed by atoms with Gasteiger partial charge in [0.2, 0.25) is 0 Å². The van der Waals surface area contributed by atoms with E-state index in [2.05, 4.69) is 10.6 Å². The molecule has 2 aromatic carbocycles. The van der Waals surface area contributed by atoms with E-state index in [1.54, 1.807) is 12.1 Å². The van der Waals surface area contributed by atoms with Crippen LogP contribution in [-0.4, -0.2) is 12.5 Å². The third kappa shape index (κ3) is 3.03. The molecule has 1 amide bonds. The average Bonchev–Trinajstić information content (AvgIpc) is 2.47. The van der Waals surface area contributed by atoms with Crippen molar-refractivity contribution >= 4 is 28.9 Å². The van der Waals surface area contributed by atoms with E-state index >= 15 is 0 Å². The molecule has 21 heavy (non-hydrogen) atoms. The number of aryl methyl sites for hydroxylation is 2. The summed E-state index contributed by atoms with van der Waals surface area (Å²) in [6.07, 6.45) is 2.16. The maximum absolute atomic E-state index is 12.3. The number of carbonyl (C=O) groups is 1. The van der Waals surface area contributed by atoms with Crippen molar-refractivity contribution < 1.29 is 4.79 Å². The summed E-state index contributed by atoms with van der Waals surface area (Å²) in [5.74, 6) is -0.177. The van der Waals surface area contributed by atoms with Gasteiger partial charge in [0.25, 0.3) is 5.91 Å². The zero-order chi connectivity index (χ0) is 14.8. The smallest absolute Gasteiger partial charge is 0.257 e. The third-order valence-electron chi connectivity index (χ3n) is 3.67. The first kappa shape index (κ1) is 14.0. The van der Waals surface area contributed by atoms with E-state index in [1.165, 1.54) is 5.56 Å². The predicted molar refractivity (Wildman–Crippen MR) is 87.4 cm³/mol. The molecule has 1 aliphatic rings. The SMILES string of the molecule is Cc1ccc(C(=O)Nc2ccc3c(c2)CCCN3)c(Cl)c1. The topological polar surface area (TPSA) is 41.1 Å². The lowest BCUT2D eigenvalue weighted by molar-refractivity contribution is 0.102. The van der Waals surface area contributed by atoms with E-state index in [1.807, 2.05) is 31.2 Å². The van der Waals surface area contributed by atoms with Gasteiger partial charge >= 0.3 is 0 Å². The van der Waals surface area contributed by atoms with Gasteiger partial charge in [-0.1, -0.05) is 17.7 Å². The summed E-state index contributed by atoms with van der Waals surface area (Å²) in [6.45, 7) is 2.96. The van der Waals surface area contributed by atoms with Crippen molar-refractivity contribution in [3.05, 3.63) is 58.1 Å². The Balaban J connectivity index is 1.81. The minimum Gasteiger partial charge on any atom is -0.385 e. The highest BCUT2D eigenvalue weighted by atomic mass is 35.5. The lowest BCUT2D eigenvalue weighted by atomic mass is 10.0. The van der Waals surface area contributed by atoms with Crippen LogP contribution in [0.15, 0.2) is 36.4 Å². The quantitative estimate of drug-likeness (QED) is 0.870. The molecule has 1 aliphatic heterocycles. The number of anilines is 2. The van der Waals surface area contributed by atoms with Gasteiger partial charge in [0, 0.05) is 17.9 Å². The summed E-state index contributed by atoms with van der Waals surface area (Å²) in [7, 11) is 0. The molecule has 0 atom stereocenters. The minimum absolute atomic E-state index is 0.177. The molecule has 0 aromatic heterocycles. The number of benzene rings is 2. The lowest BCUT2D eigenvalue weighted by Gasteiger charge is -2.19. The fourth-order valence-electron chi connectivity index (χ4n) is 2.56. The number of fused-ring (bicyclic) bond motifs is 1. The summed E-state index contributed by atoms with van der Waals surface area (Å²) >= 11 is 6.14. The Kier molecular flexibility index (Phi) is 3.84. The summed E-state index contributed by atoms with van der Waals surface area (Å²) in [6, 6.07) is 11.4. The number of rotatable bonds is 2. The first-order valence-electron chi connectivity index (χ1n) is 7.08. The van der Waals surface area contributed by atoms with Crippen LogP contribution in [0.25, 0.3) is 0 Å². The fraction of sp³-hybridized carbons (Fsp3) is 0.235. The van der Waals surface area contributed by atoms with Crippen molar-refractivity contribution in [2.45, 2.75) is 19.8 Å². The van der Waals surface area contributed by atoms with E-state index in [4.69, 9.17) is 11.6 Å². The van der Waals surface area contributed by atoms with Gasteiger partial charge in [0.05, 0.1) is 10.6 Å². The second-order valence-electron chi connectivity index (χ2n) is 5.34. The standard InChI is InChI=1S/C17H17ClN2O/c1-11-4-6-14(15(18)9-11)17(21)20-13-5-7-16-12(10-13)3-2-8-19-16/h4-7,9-10,19H,2-3,8H2,1H3,(H,20,21). The van der Waals surface area contributed by atoms with Gasteiger partial charge in [-0.3, -0.25) is 4.79 Å². The fourth-order valence-corrected chi connectivity index (χ4v) is 2.88. The van der Waals surface area contributed by atoms with Gasteiger partial charge in [0.15, 0.2) is 0 Å². The van der Waals surface area contributed by atoms with Crippen LogP contribution in [-0.2, 0) is 6.42 Å². The molecule has 0 aliphatic carbocycles. The Bertz CT molecular complexity index is 697. The molecular formula is C17H17ClN2O. The van der Waals surface area contributed by atoms with Gasteiger partial charge in [-0.25, -0.2) is 0 Å². The molecule has 0 saturated heterocycles. The molecule has 2 N–H and O–H groups in total. The van der Waals surface area contributed by atoms with Crippen molar-refractivity contribution in [3.8, 4) is 0 Å². The first-order valence-corrected chi connectivity index (χ1v) is 7.45. The lowest BCUT2D eigenvalue weighted by Crippen LogP contribution is -2.15. The van der Waals surface area contributed by atoms with Crippen molar-refractivity contribution in [1.82, 2.24) is 0 Å². The number of hydrogen-bond donors (Lipinski definition) is 2. The van der Waals surface area contributed by atoms with Gasteiger partial charge in [-0.2, -0.15) is 0 Å². The predicted octanol–water partition coefficient (Wildman–Crippen LogP) is 4.26. The van der Waals surface area contributed by atoms with Gasteiger partial charge in [-0.15, -0.1) is 0 Å². The Morgan fingerprint density at radius 1 is 1.24 bits per heavy atom. The highest BCUT2D eigenvalue weighted by Gasteiger charge is 2.13. The number of carbonyl (C=O) groups excluding carboxylic acids is 1. The number of nitrogens with one attached hydrogen (secondary N) is 2. The third-order valence-corrected chi connectivity index (χ3v) is 3.98. The van der Waals surface area contributed by atoms with Crippen LogP contribution in [0.5, 0.6) is 0 Å². The highest BCUT2D eigenvalue weighted by molar-refractivity contribution is 6.34. The zero-order valence-corrected chi connectivity index (χ0v) is 12.6. The maximum Gasteiger partial charge on any atom is 0.257 e. The molecule has 3 nitrogen and oxygen atoms in total. The maximum atomic E-state index is 12.3. The second kappa shape index (κ2) is 5.78. The van der Waals surface area contributed by atoms with Crippen LogP contribution in [0.1, 0.15) is 27.9 Å². The van der Waals surface area contributed by atoms with Crippen molar-refractivity contribution in [1.29, 1.82) is 0 Å². The number of hydrogen-bond acceptors (Lipinski definition) is 2. The highest BCUT2D eigenvalue weighted by Crippen LogP contribution is 2.26. The molecule has 0 bridgehead atoms. The molecule has 0 unspecified atom stereocenters. The summed E-state index contributed by atoms with van der Waals surface area (Å²) in [4.78, 5) is 12.3. The van der Waals surface area contributed by atoms with E-state index in [0.29, 0.717) is 10.6 Å². The summed E-state index contributed by atoms with van der Waals surface area (Å²) in [5, 5.41) is 6.75. The Morgan fingerprint density at radius 2 is 2.10 bits per heavy atom. The molecule has 3 rings (SSSR count). The molecule has 0 fully saturated rings. The number of amides is 1. The monoisotopic (exact) mass is 300 g/mol. The molecule has 0 saturated carbocycles. The van der Waals surface area contributed by atoms with Crippen molar-refractivity contribution in [2.24, 2.45) is 0 Å². The van der Waals surface area contributed by atoms with Gasteiger partial charge in [0.1, 0.15) is 0 Å². The second-order valence-corrected chi connectivity index (χ2v) is 5.75. The van der Waals surface area contributed by atoms with Crippen LogP contribution in [0.3, 0.4) is 0 Å². The Morgan fingerprint density at radius 3 is 2.90 bits per heavy atom. The van der Waals surface area contributed by atoms with Crippen LogP contribution >= 0.6 is 11.6 Å². The largest absolute Gasteiger partial charge is 0.385 e. The van der Waals surface area contributed by atoms with E-state index in [9.17, 15) is 4.79 Å². The zero-order valence-electron chi connectivity index (χ0n) is 11.9. The van der Waals surface area contributed by atoms with Crippen LogP contribution < -0.4 is 10.6 Å².